The van der Waals surface area contributed by atoms with E-state index in [4.69, 9.17) is 4.74 Å². The molecule has 4 heteroatoms. The molecule has 2 aliphatic rings. The fraction of sp³-hybridized carbons (Fsp3) is 0.667. The molecule has 138 valence electrons. The van der Waals surface area contributed by atoms with Crippen molar-refractivity contribution in [3.8, 4) is 0 Å². The van der Waals surface area contributed by atoms with Crippen molar-refractivity contribution >= 4 is 6.09 Å². The first-order valence-corrected chi connectivity index (χ1v) is 9.97. The van der Waals surface area contributed by atoms with Crippen LogP contribution >= 0.6 is 0 Å². The fourth-order valence-corrected chi connectivity index (χ4v) is 4.15. The molecule has 2 saturated heterocycles. The lowest BCUT2D eigenvalue weighted by atomic mass is 9.83. The third-order valence-electron chi connectivity index (χ3n) is 5.69. The van der Waals surface area contributed by atoms with E-state index in [1.807, 2.05) is 35.2 Å². The molecular weight excluding hydrogens is 312 g/mol. The van der Waals surface area contributed by atoms with Crippen LogP contribution in [0.25, 0.3) is 0 Å². The second-order valence-corrected chi connectivity index (χ2v) is 7.61. The molecule has 0 radical (unpaired) electrons. The van der Waals surface area contributed by atoms with E-state index in [0.717, 1.165) is 43.3 Å². The number of benzene rings is 1. The monoisotopic (exact) mass is 344 g/mol. The van der Waals surface area contributed by atoms with Crippen LogP contribution in [0.4, 0.5) is 4.79 Å². The molecule has 1 N–H and O–H groups in total. The summed E-state index contributed by atoms with van der Waals surface area (Å²) in [5, 5.41) is 3.45. The van der Waals surface area contributed by atoms with Gasteiger partial charge >= 0.3 is 6.09 Å². The lowest BCUT2D eigenvalue weighted by Gasteiger charge is -2.31. The van der Waals surface area contributed by atoms with Gasteiger partial charge in [0.1, 0.15) is 6.61 Å². The summed E-state index contributed by atoms with van der Waals surface area (Å²) in [6, 6.07) is 9.92. The molecule has 2 aliphatic heterocycles. The minimum Gasteiger partial charge on any atom is -0.445 e. The van der Waals surface area contributed by atoms with Crippen molar-refractivity contribution in [3.63, 3.8) is 0 Å². The molecular formula is C21H32N2O2. The number of carbonyl (C=O) groups is 1. The standard InChI is InChI=1S/C21H32N2O2/c24-21(25-17-20-7-2-1-3-8-20)23-14-5-4-6-18(11-15-23)16-19-9-12-22-13-10-19/h1-3,7-8,18-19,22H,4-6,9-17H2. The summed E-state index contributed by atoms with van der Waals surface area (Å²) in [4.78, 5) is 14.4. The summed E-state index contributed by atoms with van der Waals surface area (Å²) in [5.74, 6) is 1.65. The Morgan fingerprint density at radius 2 is 1.76 bits per heavy atom. The van der Waals surface area contributed by atoms with Gasteiger partial charge in [-0.1, -0.05) is 43.2 Å². The van der Waals surface area contributed by atoms with Gasteiger partial charge in [0, 0.05) is 13.1 Å². The molecule has 1 atom stereocenters. The lowest BCUT2D eigenvalue weighted by molar-refractivity contribution is 0.0889. The average Bonchev–Trinajstić information content (AvgIpc) is 2.64. The molecule has 2 heterocycles. The number of carbonyl (C=O) groups excluding carboxylic acids is 1. The summed E-state index contributed by atoms with van der Waals surface area (Å²) >= 11 is 0. The first-order chi connectivity index (χ1) is 12.3. The molecule has 0 spiro atoms. The summed E-state index contributed by atoms with van der Waals surface area (Å²) in [5.41, 5.74) is 1.05. The third-order valence-corrected chi connectivity index (χ3v) is 5.69. The van der Waals surface area contributed by atoms with Crippen molar-refractivity contribution < 1.29 is 9.53 Å². The Morgan fingerprint density at radius 3 is 2.56 bits per heavy atom. The van der Waals surface area contributed by atoms with E-state index in [9.17, 15) is 4.79 Å². The van der Waals surface area contributed by atoms with Crippen LogP contribution in [-0.2, 0) is 11.3 Å². The van der Waals surface area contributed by atoms with Gasteiger partial charge in [0.05, 0.1) is 0 Å². The van der Waals surface area contributed by atoms with E-state index in [0.29, 0.717) is 6.61 Å². The van der Waals surface area contributed by atoms with Gasteiger partial charge in [-0.3, -0.25) is 0 Å². The maximum Gasteiger partial charge on any atom is 0.410 e. The topological polar surface area (TPSA) is 41.6 Å². The van der Waals surface area contributed by atoms with Gasteiger partial charge in [-0.15, -0.1) is 0 Å². The Hall–Kier alpha value is -1.55. The van der Waals surface area contributed by atoms with Crippen LogP contribution in [0.15, 0.2) is 30.3 Å². The van der Waals surface area contributed by atoms with Crippen molar-refractivity contribution in [2.45, 2.75) is 51.6 Å². The van der Waals surface area contributed by atoms with Crippen molar-refractivity contribution in [2.75, 3.05) is 26.2 Å². The number of nitrogens with zero attached hydrogens (tertiary/aromatic N) is 1. The second kappa shape index (κ2) is 9.81. The zero-order valence-electron chi connectivity index (χ0n) is 15.3. The van der Waals surface area contributed by atoms with Crippen LogP contribution in [-0.4, -0.2) is 37.2 Å². The quantitative estimate of drug-likeness (QED) is 0.890. The van der Waals surface area contributed by atoms with Crippen LogP contribution < -0.4 is 5.32 Å². The lowest BCUT2D eigenvalue weighted by Crippen LogP contribution is -2.36. The van der Waals surface area contributed by atoms with Crippen molar-refractivity contribution in [1.29, 1.82) is 0 Å². The number of amides is 1. The number of nitrogens with one attached hydrogen (secondary N) is 1. The predicted octanol–water partition coefficient (Wildman–Crippen LogP) is 4.21. The smallest absolute Gasteiger partial charge is 0.410 e. The molecule has 1 amide bonds. The largest absolute Gasteiger partial charge is 0.445 e. The van der Waals surface area contributed by atoms with E-state index < -0.39 is 0 Å². The van der Waals surface area contributed by atoms with Crippen LogP contribution in [0, 0.1) is 11.8 Å². The minimum absolute atomic E-state index is 0.147. The van der Waals surface area contributed by atoms with E-state index >= 15 is 0 Å². The SMILES string of the molecule is O=C(OCc1ccccc1)N1CCCCC(CC2CCNCC2)CC1. The molecule has 2 fully saturated rings. The molecule has 25 heavy (non-hydrogen) atoms. The van der Waals surface area contributed by atoms with Gasteiger partial charge in [-0.05, 0) is 62.6 Å². The summed E-state index contributed by atoms with van der Waals surface area (Å²) < 4.78 is 5.53. The Balaban J connectivity index is 1.44. The highest BCUT2D eigenvalue weighted by atomic mass is 16.6. The highest BCUT2D eigenvalue weighted by molar-refractivity contribution is 5.67. The number of hydrogen-bond acceptors (Lipinski definition) is 3. The van der Waals surface area contributed by atoms with Gasteiger partial charge in [-0.25, -0.2) is 4.79 Å². The first-order valence-electron chi connectivity index (χ1n) is 9.97. The van der Waals surface area contributed by atoms with E-state index in [-0.39, 0.29) is 6.09 Å². The summed E-state index contributed by atoms with van der Waals surface area (Å²) in [6.07, 6.45) is 8.63. The normalized spacial score (nSPS) is 22.9. The highest BCUT2D eigenvalue weighted by Gasteiger charge is 2.23. The Labute approximate surface area is 151 Å². The molecule has 4 nitrogen and oxygen atoms in total. The van der Waals surface area contributed by atoms with Crippen LogP contribution in [0.3, 0.4) is 0 Å². The van der Waals surface area contributed by atoms with Gasteiger partial charge in [0.15, 0.2) is 0 Å². The molecule has 0 aliphatic carbocycles. The molecule has 1 aromatic rings. The van der Waals surface area contributed by atoms with Crippen LogP contribution in [0.2, 0.25) is 0 Å². The Bertz CT molecular complexity index is 514. The van der Waals surface area contributed by atoms with Gasteiger partial charge in [0.2, 0.25) is 0 Å². The molecule has 3 rings (SSSR count). The third kappa shape index (κ3) is 6.03. The highest BCUT2D eigenvalue weighted by Crippen LogP contribution is 2.28. The zero-order chi connectivity index (χ0) is 17.3. The maximum atomic E-state index is 12.4. The van der Waals surface area contributed by atoms with Crippen molar-refractivity contribution in [2.24, 2.45) is 11.8 Å². The molecule has 0 aromatic heterocycles. The van der Waals surface area contributed by atoms with Gasteiger partial charge < -0.3 is 15.0 Å². The number of likely N-dealkylation sites (tertiary alicyclic amines) is 1. The van der Waals surface area contributed by atoms with Crippen molar-refractivity contribution in [3.05, 3.63) is 35.9 Å². The molecule has 0 saturated carbocycles. The number of piperidine rings is 1. The second-order valence-electron chi connectivity index (χ2n) is 7.61. The Morgan fingerprint density at radius 1 is 1.00 bits per heavy atom. The van der Waals surface area contributed by atoms with E-state index in [1.54, 1.807) is 0 Å². The molecule has 1 aromatic carbocycles. The average molecular weight is 344 g/mol. The van der Waals surface area contributed by atoms with Crippen LogP contribution in [0.5, 0.6) is 0 Å². The molecule has 1 unspecified atom stereocenters. The Kier molecular flexibility index (Phi) is 7.16. The minimum atomic E-state index is -0.147. The predicted molar refractivity (Wildman–Crippen MR) is 100 cm³/mol. The summed E-state index contributed by atoms with van der Waals surface area (Å²) in [6.45, 7) is 4.41. The number of rotatable bonds is 4. The van der Waals surface area contributed by atoms with Gasteiger partial charge in [0.25, 0.3) is 0 Å². The van der Waals surface area contributed by atoms with Crippen LogP contribution in [0.1, 0.15) is 50.5 Å². The van der Waals surface area contributed by atoms with E-state index in [2.05, 4.69) is 5.32 Å². The maximum absolute atomic E-state index is 12.4. The zero-order valence-corrected chi connectivity index (χ0v) is 15.3. The number of hydrogen-bond donors (Lipinski definition) is 1. The fourth-order valence-electron chi connectivity index (χ4n) is 4.15. The first kappa shape index (κ1) is 18.2. The van der Waals surface area contributed by atoms with Gasteiger partial charge in [-0.2, -0.15) is 0 Å². The molecule has 0 bridgehead atoms. The van der Waals surface area contributed by atoms with E-state index in [1.165, 1.54) is 45.2 Å². The number of ether oxygens (including phenoxy) is 1. The summed E-state index contributed by atoms with van der Waals surface area (Å²) in [7, 11) is 0. The van der Waals surface area contributed by atoms with Crippen molar-refractivity contribution in [1.82, 2.24) is 10.2 Å².